The summed E-state index contributed by atoms with van der Waals surface area (Å²) >= 11 is 5.04. The summed E-state index contributed by atoms with van der Waals surface area (Å²) in [6.07, 6.45) is 0. The monoisotopic (exact) mass is 234 g/mol. The molecule has 2 nitrogen and oxygen atoms in total. The van der Waals surface area contributed by atoms with Gasteiger partial charge in [0.2, 0.25) is 0 Å². The van der Waals surface area contributed by atoms with Crippen LogP contribution in [0.5, 0.6) is 0 Å². The average molecular weight is 234 g/mol. The van der Waals surface area contributed by atoms with Crippen molar-refractivity contribution in [2.24, 2.45) is 0 Å². The van der Waals surface area contributed by atoms with E-state index in [-0.39, 0.29) is 5.82 Å². The van der Waals surface area contributed by atoms with Crippen LogP contribution in [0.15, 0.2) is 24.3 Å². The number of aryl methyl sites for hydroxylation is 2. The van der Waals surface area contributed by atoms with Crippen LogP contribution in [0.4, 0.5) is 4.39 Å². The summed E-state index contributed by atoms with van der Waals surface area (Å²) in [7, 11) is 0. The predicted octanol–water partition coefficient (Wildman–Crippen LogP) is 3.56. The molecule has 0 unspecified atom stereocenters. The summed E-state index contributed by atoms with van der Waals surface area (Å²) in [5.41, 5.74) is 2.62. The molecule has 16 heavy (non-hydrogen) atoms. The van der Waals surface area contributed by atoms with E-state index in [9.17, 15) is 4.39 Å². The van der Waals surface area contributed by atoms with Gasteiger partial charge in [-0.3, -0.25) is 0 Å². The zero-order valence-corrected chi connectivity index (χ0v) is 9.86. The van der Waals surface area contributed by atoms with Gasteiger partial charge in [-0.1, -0.05) is 18.3 Å². The van der Waals surface area contributed by atoms with Crippen molar-refractivity contribution in [2.75, 3.05) is 0 Å². The van der Waals surface area contributed by atoms with E-state index in [0.29, 0.717) is 10.5 Å². The highest BCUT2D eigenvalue weighted by Gasteiger charge is 2.05. The van der Waals surface area contributed by atoms with Gasteiger partial charge in [-0.2, -0.15) is 0 Å². The summed E-state index contributed by atoms with van der Waals surface area (Å²) in [6, 6.07) is 6.39. The van der Waals surface area contributed by atoms with Gasteiger partial charge in [0.15, 0.2) is 0 Å². The van der Waals surface area contributed by atoms with E-state index in [0.717, 1.165) is 16.8 Å². The van der Waals surface area contributed by atoms with Crippen molar-refractivity contribution in [3.8, 4) is 11.4 Å². The molecule has 0 aliphatic heterocycles. The molecule has 2 aromatic rings. The fourth-order valence-electron chi connectivity index (χ4n) is 1.56. The average Bonchev–Trinajstić information content (AvgIpc) is 2.20. The maximum Gasteiger partial charge on any atom is 0.139 e. The lowest BCUT2D eigenvalue weighted by Gasteiger charge is -2.06. The van der Waals surface area contributed by atoms with Crippen LogP contribution >= 0.6 is 12.2 Å². The number of H-pyrrole nitrogens is 1. The molecule has 4 heteroatoms. The fourth-order valence-corrected chi connectivity index (χ4v) is 1.82. The smallest absolute Gasteiger partial charge is 0.139 e. The molecular weight excluding hydrogens is 223 g/mol. The fraction of sp³-hybridized carbons (Fsp3) is 0.167. The summed E-state index contributed by atoms with van der Waals surface area (Å²) < 4.78 is 13.7. The minimum Gasteiger partial charge on any atom is -0.343 e. The van der Waals surface area contributed by atoms with E-state index >= 15 is 0 Å². The van der Waals surface area contributed by atoms with Crippen molar-refractivity contribution in [3.63, 3.8) is 0 Å². The number of aromatic amines is 1. The molecule has 0 atom stereocenters. The van der Waals surface area contributed by atoms with Gasteiger partial charge in [-0.05, 0) is 37.6 Å². The zero-order valence-electron chi connectivity index (χ0n) is 9.04. The number of nitrogens with zero attached hydrogens (tertiary/aromatic N) is 1. The van der Waals surface area contributed by atoms with E-state index in [4.69, 9.17) is 12.2 Å². The molecular formula is C12H11FN2S. The van der Waals surface area contributed by atoms with Crippen LogP contribution in [-0.2, 0) is 0 Å². The number of halogens is 1. The molecule has 0 saturated heterocycles. The molecule has 0 bridgehead atoms. The molecule has 1 heterocycles. The first-order valence-electron chi connectivity index (χ1n) is 4.91. The first-order chi connectivity index (χ1) is 7.56. The highest BCUT2D eigenvalue weighted by Crippen LogP contribution is 2.20. The molecule has 0 aliphatic rings. The number of rotatable bonds is 1. The van der Waals surface area contributed by atoms with Gasteiger partial charge < -0.3 is 4.98 Å². The van der Waals surface area contributed by atoms with Crippen molar-refractivity contribution < 1.29 is 4.39 Å². The molecule has 0 saturated carbocycles. The van der Waals surface area contributed by atoms with Gasteiger partial charge in [0.05, 0.1) is 0 Å². The third-order valence-electron chi connectivity index (χ3n) is 2.33. The number of hydrogen-bond acceptors (Lipinski definition) is 2. The van der Waals surface area contributed by atoms with Gasteiger partial charge in [0.1, 0.15) is 16.3 Å². The van der Waals surface area contributed by atoms with Crippen LogP contribution < -0.4 is 0 Å². The van der Waals surface area contributed by atoms with Crippen LogP contribution in [0.25, 0.3) is 11.4 Å². The summed E-state index contributed by atoms with van der Waals surface area (Å²) in [6.45, 7) is 3.81. The topological polar surface area (TPSA) is 28.7 Å². The van der Waals surface area contributed by atoms with Crippen molar-refractivity contribution in [3.05, 3.63) is 46.0 Å². The molecule has 1 N–H and O–H groups in total. The Morgan fingerprint density at radius 1 is 1.25 bits per heavy atom. The van der Waals surface area contributed by atoms with Crippen LogP contribution in [0.1, 0.15) is 11.3 Å². The molecule has 0 amide bonds. The summed E-state index contributed by atoms with van der Waals surface area (Å²) in [4.78, 5) is 7.29. The molecule has 2 rings (SSSR count). The Hall–Kier alpha value is -1.55. The molecule has 0 spiro atoms. The summed E-state index contributed by atoms with van der Waals surface area (Å²) in [5.74, 6) is 0.338. The van der Waals surface area contributed by atoms with Crippen LogP contribution in [0, 0.1) is 24.3 Å². The van der Waals surface area contributed by atoms with Gasteiger partial charge in [0, 0.05) is 11.3 Å². The van der Waals surface area contributed by atoms with E-state index in [1.807, 2.05) is 13.8 Å². The Bertz CT molecular complexity index is 590. The van der Waals surface area contributed by atoms with Crippen LogP contribution in [0.3, 0.4) is 0 Å². The normalized spacial score (nSPS) is 10.4. The first-order valence-corrected chi connectivity index (χ1v) is 5.31. The van der Waals surface area contributed by atoms with Crippen LogP contribution in [0.2, 0.25) is 0 Å². The molecule has 1 aromatic carbocycles. The Morgan fingerprint density at radius 3 is 2.69 bits per heavy atom. The number of nitrogens with one attached hydrogen (secondary N) is 1. The Morgan fingerprint density at radius 2 is 2.00 bits per heavy atom. The Kier molecular flexibility index (Phi) is 2.83. The Labute approximate surface area is 98.2 Å². The van der Waals surface area contributed by atoms with Gasteiger partial charge in [-0.25, -0.2) is 9.37 Å². The summed E-state index contributed by atoms with van der Waals surface area (Å²) in [5, 5.41) is 0. The third kappa shape index (κ3) is 2.17. The van der Waals surface area contributed by atoms with Crippen LogP contribution in [-0.4, -0.2) is 9.97 Å². The first kappa shape index (κ1) is 11.0. The maximum atomic E-state index is 13.2. The second-order valence-electron chi connectivity index (χ2n) is 3.71. The molecule has 0 fully saturated rings. The van der Waals surface area contributed by atoms with Crippen molar-refractivity contribution >= 4 is 12.2 Å². The number of benzene rings is 1. The predicted molar refractivity (Wildman–Crippen MR) is 64.3 cm³/mol. The Balaban J connectivity index is 2.66. The molecule has 0 radical (unpaired) electrons. The standard InChI is InChI=1S/C12H11FN2S/c1-7-3-4-9(13)6-10(7)12-14-8(2)5-11(16)15-12/h3-6H,1-2H3,(H,14,15,16). The highest BCUT2D eigenvalue weighted by molar-refractivity contribution is 7.71. The van der Waals surface area contributed by atoms with Crippen molar-refractivity contribution in [2.45, 2.75) is 13.8 Å². The maximum absolute atomic E-state index is 13.2. The van der Waals surface area contributed by atoms with Gasteiger partial charge in [0.25, 0.3) is 0 Å². The SMILES string of the molecule is Cc1cc(=S)nc(-c2cc(F)ccc2C)[nH]1. The second kappa shape index (κ2) is 4.14. The minimum absolute atomic E-state index is 0.275. The largest absolute Gasteiger partial charge is 0.343 e. The molecule has 1 aromatic heterocycles. The minimum atomic E-state index is -0.275. The van der Waals surface area contributed by atoms with E-state index in [1.165, 1.54) is 12.1 Å². The van der Waals surface area contributed by atoms with E-state index < -0.39 is 0 Å². The molecule has 0 aliphatic carbocycles. The lowest BCUT2D eigenvalue weighted by Crippen LogP contribution is -1.94. The number of hydrogen-bond donors (Lipinski definition) is 1. The van der Waals surface area contributed by atoms with Crippen molar-refractivity contribution in [1.29, 1.82) is 0 Å². The van der Waals surface area contributed by atoms with Crippen molar-refractivity contribution in [1.82, 2.24) is 9.97 Å². The highest BCUT2D eigenvalue weighted by atomic mass is 32.1. The van der Waals surface area contributed by atoms with Gasteiger partial charge >= 0.3 is 0 Å². The quantitative estimate of drug-likeness (QED) is 0.764. The van der Waals surface area contributed by atoms with E-state index in [2.05, 4.69) is 9.97 Å². The third-order valence-corrected chi connectivity index (χ3v) is 2.54. The molecule has 82 valence electrons. The lowest BCUT2D eigenvalue weighted by molar-refractivity contribution is 0.627. The number of aromatic nitrogens is 2. The van der Waals surface area contributed by atoms with E-state index in [1.54, 1.807) is 12.1 Å². The second-order valence-corrected chi connectivity index (χ2v) is 4.13. The van der Waals surface area contributed by atoms with Gasteiger partial charge in [-0.15, -0.1) is 0 Å². The lowest BCUT2D eigenvalue weighted by atomic mass is 10.1. The zero-order chi connectivity index (χ0) is 11.7.